The van der Waals surface area contributed by atoms with E-state index in [-0.39, 0.29) is 5.60 Å². The third kappa shape index (κ3) is 4.03. The SMILES string of the molecule is CCOC(C)(COC1CCNCC1)c1ccccc1. The number of nitrogens with one attached hydrogen (secondary N) is 1. The predicted octanol–water partition coefficient (Wildman–Crippen LogP) is 2.71. The molecule has 1 N–H and O–H groups in total. The standard InChI is InChI=1S/C16H25NO2/c1-3-19-16(2,14-7-5-4-6-8-14)13-18-15-9-11-17-12-10-15/h4-8,15,17H,3,9-13H2,1-2H3. The van der Waals surface area contributed by atoms with Crippen molar-refractivity contribution >= 4 is 0 Å². The van der Waals surface area contributed by atoms with E-state index < -0.39 is 0 Å². The Labute approximate surface area is 116 Å². The molecule has 1 aromatic carbocycles. The second kappa shape index (κ2) is 7.04. The number of piperidine rings is 1. The lowest BCUT2D eigenvalue weighted by molar-refractivity contribution is -0.110. The first-order chi connectivity index (χ1) is 9.24. The van der Waals surface area contributed by atoms with Gasteiger partial charge < -0.3 is 14.8 Å². The molecule has 1 fully saturated rings. The molecule has 1 aromatic rings. The zero-order valence-corrected chi connectivity index (χ0v) is 12.0. The largest absolute Gasteiger partial charge is 0.375 e. The molecule has 3 nitrogen and oxygen atoms in total. The fourth-order valence-electron chi connectivity index (χ4n) is 2.56. The van der Waals surface area contributed by atoms with Crippen molar-refractivity contribution in [1.82, 2.24) is 5.32 Å². The lowest BCUT2D eigenvalue weighted by Gasteiger charge is -2.33. The van der Waals surface area contributed by atoms with Crippen LogP contribution in [0.5, 0.6) is 0 Å². The number of benzene rings is 1. The summed E-state index contributed by atoms with van der Waals surface area (Å²) in [5, 5.41) is 3.36. The first kappa shape index (κ1) is 14.5. The van der Waals surface area contributed by atoms with Crippen LogP contribution >= 0.6 is 0 Å². The number of rotatable bonds is 6. The molecule has 2 rings (SSSR count). The summed E-state index contributed by atoms with van der Waals surface area (Å²) in [6, 6.07) is 10.4. The molecule has 0 saturated carbocycles. The zero-order valence-electron chi connectivity index (χ0n) is 12.0. The molecule has 0 spiro atoms. The van der Waals surface area contributed by atoms with Gasteiger partial charge in [0.25, 0.3) is 0 Å². The summed E-state index contributed by atoms with van der Waals surface area (Å²) in [6.45, 7) is 7.58. The van der Waals surface area contributed by atoms with Gasteiger partial charge in [-0.15, -0.1) is 0 Å². The molecule has 1 unspecified atom stereocenters. The molecule has 1 heterocycles. The summed E-state index contributed by atoms with van der Waals surface area (Å²) in [7, 11) is 0. The number of hydrogen-bond acceptors (Lipinski definition) is 3. The van der Waals surface area contributed by atoms with E-state index in [4.69, 9.17) is 9.47 Å². The lowest BCUT2D eigenvalue weighted by atomic mass is 9.96. The summed E-state index contributed by atoms with van der Waals surface area (Å²) < 4.78 is 12.1. The molecule has 0 radical (unpaired) electrons. The average Bonchev–Trinajstić information content (AvgIpc) is 2.48. The van der Waals surface area contributed by atoms with E-state index in [9.17, 15) is 0 Å². The zero-order chi connectivity index (χ0) is 13.6. The van der Waals surface area contributed by atoms with Crippen LogP contribution in [0.25, 0.3) is 0 Å². The maximum absolute atomic E-state index is 6.09. The van der Waals surface area contributed by atoms with Gasteiger partial charge in [0.15, 0.2) is 0 Å². The van der Waals surface area contributed by atoms with Gasteiger partial charge in [-0.25, -0.2) is 0 Å². The van der Waals surface area contributed by atoms with Crippen molar-refractivity contribution in [3.05, 3.63) is 35.9 Å². The average molecular weight is 263 g/mol. The van der Waals surface area contributed by atoms with Crippen LogP contribution in [0.2, 0.25) is 0 Å². The summed E-state index contributed by atoms with van der Waals surface area (Å²) >= 11 is 0. The molecule has 1 saturated heterocycles. The van der Waals surface area contributed by atoms with Gasteiger partial charge >= 0.3 is 0 Å². The van der Waals surface area contributed by atoms with Crippen molar-refractivity contribution in [2.24, 2.45) is 0 Å². The van der Waals surface area contributed by atoms with Crippen molar-refractivity contribution < 1.29 is 9.47 Å². The Morgan fingerprint density at radius 2 is 1.89 bits per heavy atom. The smallest absolute Gasteiger partial charge is 0.114 e. The van der Waals surface area contributed by atoms with E-state index in [1.807, 2.05) is 13.0 Å². The monoisotopic (exact) mass is 263 g/mol. The molecule has 0 bridgehead atoms. The summed E-state index contributed by atoms with van der Waals surface area (Å²) in [5.41, 5.74) is 0.840. The molecule has 0 aliphatic carbocycles. The molecule has 0 amide bonds. The Hall–Kier alpha value is -0.900. The molecule has 1 atom stereocenters. The second-order valence-corrected chi connectivity index (χ2v) is 5.29. The van der Waals surface area contributed by atoms with Gasteiger partial charge in [-0.2, -0.15) is 0 Å². The van der Waals surface area contributed by atoms with Gasteiger partial charge in [0, 0.05) is 6.61 Å². The molecule has 1 aliphatic heterocycles. The molecule has 19 heavy (non-hydrogen) atoms. The summed E-state index contributed by atoms with van der Waals surface area (Å²) in [6.07, 6.45) is 2.55. The minimum absolute atomic E-state index is 0.346. The summed E-state index contributed by atoms with van der Waals surface area (Å²) in [5.74, 6) is 0. The van der Waals surface area contributed by atoms with Gasteiger partial charge in [0.1, 0.15) is 5.60 Å². The van der Waals surface area contributed by atoms with Crippen LogP contribution in [0.3, 0.4) is 0 Å². The van der Waals surface area contributed by atoms with Gasteiger partial charge in [-0.05, 0) is 45.3 Å². The minimum atomic E-state index is -0.346. The van der Waals surface area contributed by atoms with Crippen LogP contribution in [-0.4, -0.2) is 32.4 Å². The van der Waals surface area contributed by atoms with Crippen molar-refractivity contribution in [3.63, 3.8) is 0 Å². The fourth-order valence-corrected chi connectivity index (χ4v) is 2.56. The number of ether oxygens (including phenoxy) is 2. The molecule has 106 valence electrons. The minimum Gasteiger partial charge on any atom is -0.375 e. The van der Waals surface area contributed by atoms with Crippen LogP contribution in [-0.2, 0) is 15.1 Å². The normalized spacial score (nSPS) is 20.1. The molecule has 3 heteroatoms. The third-order valence-corrected chi connectivity index (χ3v) is 3.73. The molecular weight excluding hydrogens is 238 g/mol. The van der Waals surface area contributed by atoms with Crippen LogP contribution in [0.4, 0.5) is 0 Å². The van der Waals surface area contributed by atoms with Crippen LogP contribution in [0.1, 0.15) is 32.3 Å². The van der Waals surface area contributed by atoms with Crippen LogP contribution in [0.15, 0.2) is 30.3 Å². The highest BCUT2D eigenvalue weighted by Crippen LogP contribution is 2.26. The highest BCUT2D eigenvalue weighted by atomic mass is 16.5. The van der Waals surface area contributed by atoms with Crippen molar-refractivity contribution in [3.8, 4) is 0 Å². The topological polar surface area (TPSA) is 30.5 Å². The Kier molecular flexibility index (Phi) is 5.37. The second-order valence-electron chi connectivity index (χ2n) is 5.29. The van der Waals surface area contributed by atoms with Gasteiger partial charge in [-0.3, -0.25) is 0 Å². The molecule has 0 aromatic heterocycles. The van der Waals surface area contributed by atoms with Crippen molar-refractivity contribution in [2.75, 3.05) is 26.3 Å². The van der Waals surface area contributed by atoms with Crippen molar-refractivity contribution in [1.29, 1.82) is 0 Å². The van der Waals surface area contributed by atoms with E-state index in [2.05, 4.69) is 36.5 Å². The fraction of sp³-hybridized carbons (Fsp3) is 0.625. The Balaban J connectivity index is 1.98. The first-order valence-electron chi connectivity index (χ1n) is 7.26. The number of hydrogen-bond donors (Lipinski definition) is 1. The van der Waals surface area contributed by atoms with E-state index >= 15 is 0 Å². The predicted molar refractivity (Wildman–Crippen MR) is 77.3 cm³/mol. The van der Waals surface area contributed by atoms with Gasteiger partial charge in [0.05, 0.1) is 12.7 Å². The van der Waals surface area contributed by atoms with E-state index in [0.29, 0.717) is 19.3 Å². The van der Waals surface area contributed by atoms with E-state index in [0.717, 1.165) is 25.9 Å². The maximum atomic E-state index is 6.09. The Morgan fingerprint density at radius 3 is 2.53 bits per heavy atom. The first-order valence-corrected chi connectivity index (χ1v) is 7.26. The maximum Gasteiger partial charge on any atom is 0.114 e. The van der Waals surface area contributed by atoms with Crippen molar-refractivity contribution in [2.45, 2.75) is 38.4 Å². The van der Waals surface area contributed by atoms with Gasteiger partial charge in [-0.1, -0.05) is 30.3 Å². The van der Waals surface area contributed by atoms with E-state index in [1.54, 1.807) is 0 Å². The van der Waals surface area contributed by atoms with Gasteiger partial charge in [0.2, 0.25) is 0 Å². The highest BCUT2D eigenvalue weighted by Gasteiger charge is 2.29. The molecular formula is C16H25NO2. The van der Waals surface area contributed by atoms with Crippen LogP contribution in [0, 0.1) is 0 Å². The Bertz CT molecular complexity index is 362. The summed E-state index contributed by atoms with van der Waals surface area (Å²) in [4.78, 5) is 0. The van der Waals surface area contributed by atoms with Crippen LogP contribution < -0.4 is 5.32 Å². The quantitative estimate of drug-likeness (QED) is 0.856. The Morgan fingerprint density at radius 1 is 1.21 bits per heavy atom. The lowest BCUT2D eigenvalue weighted by Crippen LogP contribution is -2.38. The third-order valence-electron chi connectivity index (χ3n) is 3.73. The highest BCUT2D eigenvalue weighted by molar-refractivity contribution is 5.22. The molecule has 1 aliphatic rings. The van der Waals surface area contributed by atoms with E-state index in [1.165, 1.54) is 5.56 Å².